The Morgan fingerprint density at radius 1 is 0.854 bits per heavy atom. The van der Waals surface area contributed by atoms with E-state index in [0.29, 0.717) is 17.9 Å². The summed E-state index contributed by atoms with van der Waals surface area (Å²) < 4.78 is 1.88. The molecule has 3 heterocycles. The number of anilines is 1. The molecule has 8 nitrogen and oxygen atoms in total. The highest BCUT2D eigenvalue weighted by atomic mass is 16.1. The van der Waals surface area contributed by atoms with Crippen molar-refractivity contribution in [2.24, 2.45) is 0 Å². The molecule has 0 radical (unpaired) electrons. The molecule has 1 saturated heterocycles. The number of aromatic amines is 1. The van der Waals surface area contributed by atoms with Crippen LogP contribution in [0.4, 0.5) is 5.69 Å². The van der Waals surface area contributed by atoms with Crippen LogP contribution in [0.2, 0.25) is 0 Å². The fourth-order valence-corrected chi connectivity index (χ4v) is 6.02. The summed E-state index contributed by atoms with van der Waals surface area (Å²) in [7, 11) is 0. The topological polar surface area (TPSA) is 82.9 Å². The number of fused-ring (bicyclic) bond motifs is 1. The van der Waals surface area contributed by atoms with Gasteiger partial charge >= 0.3 is 0 Å². The molecule has 1 aliphatic rings. The molecule has 1 N–H and O–H groups in total. The minimum Gasteiger partial charge on any atom is -0.369 e. The Balaban J connectivity index is 1.38. The van der Waals surface area contributed by atoms with Crippen molar-refractivity contribution >= 4 is 16.6 Å². The number of nitrogens with one attached hydrogen (secondary N) is 1. The van der Waals surface area contributed by atoms with Gasteiger partial charge in [0.05, 0.1) is 5.52 Å². The second-order valence-corrected chi connectivity index (χ2v) is 11.3. The van der Waals surface area contributed by atoms with Crippen molar-refractivity contribution in [1.29, 1.82) is 0 Å². The highest BCUT2D eigenvalue weighted by Crippen LogP contribution is 2.31. The van der Waals surface area contributed by atoms with Crippen LogP contribution in [0.3, 0.4) is 0 Å². The Morgan fingerprint density at radius 3 is 2.37 bits per heavy atom. The van der Waals surface area contributed by atoms with E-state index < -0.39 is 0 Å². The number of H-pyrrole nitrogens is 1. The van der Waals surface area contributed by atoms with E-state index in [1.165, 1.54) is 22.4 Å². The fraction of sp³-hybridized carbons (Fsp3) is 0.333. The average Bonchev–Trinajstić information content (AvgIpc) is 3.45. The van der Waals surface area contributed by atoms with Crippen LogP contribution in [0, 0.1) is 27.7 Å². The molecule has 0 amide bonds. The van der Waals surface area contributed by atoms with Gasteiger partial charge in [0.15, 0.2) is 5.82 Å². The Labute approximate surface area is 240 Å². The number of pyridine rings is 1. The summed E-state index contributed by atoms with van der Waals surface area (Å²) in [5.41, 5.74) is 8.71. The number of piperazine rings is 1. The zero-order chi connectivity index (χ0) is 28.5. The molecule has 210 valence electrons. The monoisotopic (exact) mass is 547 g/mol. The SMILES string of the molecule is Cc1ccc(C)c(N2CCN(C(c3cc4c(C)ccc(C)c4[nH]c3=O)c3nnnn3CCc3ccccc3)CC2)c1. The minimum absolute atomic E-state index is 0.0919. The first-order chi connectivity index (χ1) is 19.9. The quantitative estimate of drug-likeness (QED) is 0.312. The first-order valence-electron chi connectivity index (χ1n) is 14.4. The van der Waals surface area contributed by atoms with E-state index >= 15 is 0 Å². The van der Waals surface area contributed by atoms with Crippen molar-refractivity contribution in [2.75, 3.05) is 31.1 Å². The Morgan fingerprint density at radius 2 is 1.59 bits per heavy atom. The zero-order valence-electron chi connectivity index (χ0n) is 24.3. The largest absolute Gasteiger partial charge is 0.369 e. The maximum Gasteiger partial charge on any atom is 0.253 e. The third-order valence-corrected chi connectivity index (χ3v) is 8.41. The molecule has 41 heavy (non-hydrogen) atoms. The van der Waals surface area contributed by atoms with E-state index in [9.17, 15) is 4.79 Å². The number of benzene rings is 3. The Bertz CT molecular complexity index is 1730. The van der Waals surface area contributed by atoms with Gasteiger partial charge in [-0.15, -0.1) is 5.10 Å². The van der Waals surface area contributed by atoms with Crippen LogP contribution in [0.1, 0.15) is 45.2 Å². The lowest BCUT2D eigenvalue weighted by Gasteiger charge is -2.40. The number of aromatic nitrogens is 5. The molecule has 0 saturated carbocycles. The standard InChI is InChI=1S/C33H37N7O/c1-22-10-11-24(3)29(20-22)38-16-18-39(19-17-38)31(28-21-27-23(2)12-13-25(4)30(27)34-33(28)41)32-35-36-37-40(32)15-14-26-8-6-5-7-9-26/h5-13,20-21,31H,14-19H2,1-4H3,(H,34,41). The molecule has 8 heteroatoms. The Hall–Kier alpha value is -4.30. The van der Waals surface area contributed by atoms with Gasteiger partial charge in [-0.1, -0.05) is 54.6 Å². The van der Waals surface area contributed by atoms with Crippen LogP contribution in [0.15, 0.2) is 71.5 Å². The number of hydrogen-bond acceptors (Lipinski definition) is 6. The van der Waals surface area contributed by atoms with E-state index in [2.05, 4.69) is 99.6 Å². The van der Waals surface area contributed by atoms with E-state index in [1.807, 2.05) is 29.8 Å². The summed E-state index contributed by atoms with van der Waals surface area (Å²) in [5.74, 6) is 0.705. The lowest BCUT2D eigenvalue weighted by molar-refractivity contribution is 0.199. The van der Waals surface area contributed by atoms with Crippen LogP contribution in [0.5, 0.6) is 0 Å². The smallest absolute Gasteiger partial charge is 0.253 e. The van der Waals surface area contributed by atoms with Crippen molar-refractivity contribution in [3.05, 3.63) is 116 Å². The molecular formula is C33H37N7O. The van der Waals surface area contributed by atoms with Crippen molar-refractivity contribution in [3.8, 4) is 0 Å². The van der Waals surface area contributed by atoms with E-state index in [4.69, 9.17) is 0 Å². The predicted molar refractivity (Wildman–Crippen MR) is 164 cm³/mol. The molecule has 1 aliphatic heterocycles. The summed E-state index contributed by atoms with van der Waals surface area (Å²) in [5, 5.41) is 14.1. The summed E-state index contributed by atoms with van der Waals surface area (Å²) in [4.78, 5) is 21.8. The Kier molecular flexibility index (Phi) is 7.41. The van der Waals surface area contributed by atoms with Crippen LogP contribution in [0.25, 0.3) is 10.9 Å². The van der Waals surface area contributed by atoms with Gasteiger partial charge in [-0.25, -0.2) is 4.68 Å². The highest BCUT2D eigenvalue weighted by molar-refractivity contribution is 5.85. The van der Waals surface area contributed by atoms with Crippen molar-refractivity contribution < 1.29 is 0 Å². The first kappa shape index (κ1) is 26.9. The second kappa shape index (κ2) is 11.3. The summed E-state index contributed by atoms with van der Waals surface area (Å²) in [6, 6.07) is 22.9. The van der Waals surface area contributed by atoms with Crippen molar-refractivity contribution in [2.45, 2.75) is 46.7 Å². The number of nitrogens with zero attached hydrogens (tertiary/aromatic N) is 6. The van der Waals surface area contributed by atoms with Gasteiger partial charge in [0, 0.05) is 49.4 Å². The highest BCUT2D eigenvalue weighted by Gasteiger charge is 2.33. The van der Waals surface area contributed by atoms with Crippen LogP contribution >= 0.6 is 0 Å². The van der Waals surface area contributed by atoms with Gasteiger partial charge in [-0.2, -0.15) is 0 Å². The average molecular weight is 548 g/mol. The molecule has 0 spiro atoms. The van der Waals surface area contributed by atoms with Gasteiger partial charge in [0.2, 0.25) is 0 Å². The van der Waals surface area contributed by atoms with E-state index in [0.717, 1.165) is 54.6 Å². The van der Waals surface area contributed by atoms with Crippen molar-refractivity contribution in [1.82, 2.24) is 30.1 Å². The molecular weight excluding hydrogens is 510 g/mol. The maximum absolute atomic E-state index is 13.8. The minimum atomic E-state index is -0.366. The van der Waals surface area contributed by atoms with E-state index in [1.54, 1.807) is 0 Å². The normalized spacial score (nSPS) is 15.0. The lowest BCUT2D eigenvalue weighted by Crippen LogP contribution is -2.49. The molecule has 1 unspecified atom stereocenters. The van der Waals surface area contributed by atoms with Crippen molar-refractivity contribution in [3.63, 3.8) is 0 Å². The van der Waals surface area contributed by atoms with Gasteiger partial charge in [0.25, 0.3) is 5.56 Å². The summed E-state index contributed by atoms with van der Waals surface area (Å²) in [6.07, 6.45) is 0.804. The number of tetrazole rings is 1. The van der Waals surface area contributed by atoms with Gasteiger partial charge in [-0.3, -0.25) is 9.69 Å². The third kappa shape index (κ3) is 5.39. The van der Waals surface area contributed by atoms with E-state index in [-0.39, 0.29) is 11.6 Å². The molecule has 0 bridgehead atoms. The first-order valence-corrected chi connectivity index (χ1v) is 14.4. The second-order valence-electron chi connectivity index (χ2n) is 11.3. The van der Waals surface area contributed by atoms with Gasteiger partial charge in [-0.05, 0) is 84.5 Å². The molecule has 6 rings (SSSR count). The fourth-order valence-electron chi connectivity index (χ4n) is 6.02. The number of rotatable bonds is 7. The van der Waals surface area contributed by atoms with Crippen LogP contribution < -0.4 is 10.5 Å². The van der Waals surface area contributed by atoms with Crippen LogP contribution in [-0.2, 0) is 13.0 Å². The maximum atomic E-state index is 13.8. The summed E-state index contributed by atoms with van der Waals surface area (Å²) in [6.45, 7) is 12.4. The number of aryl methyl sites for hydroxylation is 6. The van der Waals surface area contributed by atoms with Gasteiger partial charge < -0.3 is 9.88 Å². The summed E-state index contributed by atoms with van der Waals surface area (Å²) >= 11 is 0. The lowest BCUT2D eigenvalue weighted by atomic mass is 9.99. The molecule has 1 atom stereocenters. The molecule has 1 fully saturated rings. The molecule has 5 aromatic rings. The molecule has 3 aromatic carbocycles. The predicted octanol–water partition coefficient (Wildman–Crippen LogP) is 4.90. The number of hydrogen-bond donors (Lipinski definition) is 1. The van der Waals surface area contributed by atoms with Gasteiger partial charge in [0.1, 0.15) is 6.04 Å². The molecule has 0 aliphatic carbocycles. The zero-order valence-corrected chi connectivity index (χ0v) is 24.3. The van der Waals surface area contributed by atoms with Crippen LogP contribution in [-0.4, -0.2) is 56.3 Å². The molecule has 2 aromatic heterocycles. The third-order valence-electron chi connectivity index (χ3n) is 8.41.